The summed E-state index contributed by atoms with van der Waals surface area (Å²) in [6.45, 7) is 2.31. The number of likely N-dealkylation sites (N-methyl/N-ethyl adjacent to an activating group) is 1. The quantitative estimate of drug-likeness (QED) is 0.903. The number of rotatable bonds is 5. The Hall–Kier alpha value is -1.95. The third kappa shape index (κ3) is 3.54. The van der Waals surface area contributed by atoms with Crippen molar-refractivity contribution < 1.29 is 9.84 Å². The van der Waals surface area contributed by atoms with Crippen molar-refractivity contribution in [3.63, 3.8) is 0 Å². The minimum absolute atomic E-state index is 0.343. The molecule has 5 heteroatoms. The Morgan fingerprint density at radius 1 is 1.28 bits per heavy atom. The average molecular weight is 341 g/mol. The maximum absolute atomic E-state index is 11.1. The van der Waals surface area contributed by atoms with Gasteiger partial charge in [-0.1, -0.05) is 30.3 Å². The zero-order valence-electron chi connectivity index (χ0n) is 15.2. The van der Waals surface area contributed by atoms with Gasteiger partial charge in [-0.05, 0) is 37.7 Å². The van der Waals surface area contributed by atoms with E-state index >= 15 is 0 Å². The van der Waals surface area contributed by atoms with E-state index in [4.69, 9.17) is 4.74 Å². The summed E-state index contributed by atoms with van der Waals surface area (Å²) in [6.07, 6.45) is 3.99. The molecule has 1 aromatic heterocycles. The van der Waals surface area contributed by atoms with E-state index in [9.17, 15) is 5.11 Å². The molecule has 2 aromatic rings. The molecule has 0 spiro atoms. The van der Waals surface area contributed by atoms with Crippen LogP contribution in [0.3, 0.4) is 0 Å². The Morgan fingerprint density at radius 2 is 2.04 bits per heavy atom. The van der Waals surface area contributed by atoms with Crippen LogP contribution in [-0.2, 0) is 12.1 Å². The summed E-state index contributed by atoms with van der Waals surface area (Å²) in [7, 11) is 5.76. The molecule has 1 aliphatic rings. The Balaban J connectivity index is 1.76. The third-order valence-corrected chi connectivity index (χ3v) is 5.27. The van der Waals surface area contributed by atoms with Crippen LogP contribution in [0.15, 0.2) is 48.8 Å². The Bertz CT molecular complexity index is 692. The van der Waals surface area contributed by atoms with E-state index in [1.807, 2.05) is 30.5 Å². The molecule has 3 rings (SSSR count). The lowest BCUT2D eigenvalue weighted by molar-refractivity contribution is -0.0703. The molecule has 0 bridgehead atoms. The first-order valence-corrected chi connectivity index (χ1v) is 8.67. The molecule has 2 atom stereocenters. The third-order valence-electron chi connectivity index (χ3n) is 5.27. The van der Waals surface area contributed by atoms with E-state index in [0.29, 0.717) is 6.54 Å². The molecule has 1 N–H and O–H groups in total. The maximum Gasteiger partial charge on any atom is 0.137 e. The molecule has 134 valence electrons. The van der Waals surface area contributed by atoms with Crippen LogP contribution < -0.4 is 4.74 Å². The summed E-state index contributed by atoms with van der Waals surface area (Å²) in [6, 6.07) is 12.3. The first-order chi connectivity index (χ1) is 12.1. The molecule has 0 radical (unpaired) electrons. The number of ether oxygens (including phenoxy) is 1. The number of aliphatic hydroxyl groups is 1. The minimum Gasteiger partial charge on any atom is -0.495 e. The molecule has 1 aromatic carbocycles. The molecule has 0 saturated carbocycles. The van der Waals surface area contributed by atoms with Crippen molar-refractivity contribution in [1.82, 2.24) is 14.8 Å². The van der Waals surface area contributed by atoms with E-state index in [0.717, 1.165) is 30.8 Å². The highest BCUT2D eigenvalue weighted by Crippen LogP contribution is 2.37. The van der Waals surface area contributed by atoms with Crippen LogP contribution >= 0.6 is 0 Å². The SMILES string of the molecule is COc1cncc(CN2CC[C@@](c3ccccc3)(N(C)C)[C@H](O)C2)c1. The van der Waals surface area contributed by atoms with Crippen molar-refractivity contribution in [3.8, 4) is 5.75 Å². The molecule has 0 aliphatic carbocycles. The molecule has 0 unspecified atom stereocenters. The Kier molecular flexibility index (Phi) is 5.37. The second-order valence-corrected chi connectivity index (χ2v) is 6.92. The number of aromatic nitrogens is 1. The molecular weight excluding hydrogens is 314 g/mol. The van der Waals surface area contributed by atoms with Gasteiger partial charge in [-0.3, -0.25) is 14.8 Å². The van der Waals surface area contributed by atoms with Crippen LogP contribution in [0.2, 0.25) is 0 Å². The van der Waals surface area contributed by atoms with Gasteiger partial charge in [0.15, 0.2) is 0 Å². The second kappa shape index (κ2) is 7.52. The van der Waals surface area contributed by atoms with Gasteiger partial charge < -0.3 is 9.84 Å². The predicted molar refractivity (Wildman–Crippen MR) is 98.5 cm³/mol. The summed E-state index contributed by atoms with van der Waals surface area (Å²) >= 11 is 0. The van der Waals surface area contributed by atoms with Crippen molar-refractivity contribution in [1.29, 1.82) is 0 Å². The van der Waals surface area contributed by atoms with Gasteiger partial charge in [-0.2, -0.15) is 0 Å². The number of hydrogen-bond acceptors (Lipinski definition) is 5. The van der Waals surface area contributed by atoms with Crippen LogP contribution in [0.5, 0.6) is 5.75 Å². The van der Waals surface area contributed by atoms with Crippen molar-refractivity contribution in [2.75, 3.05) is 34.3 Å². The van der Waals surface area contributed by atoms with Gasteiger partial charge in [-0.25, -0.2) is 0 Å². The Labute approximate surface area is 149 Å². The normalized spacial score (nSPS) is 24.4. The lowest BCUT2D eigenvalue weighted by Crippen LogP contribution is -2.59. The summed E-state index contributed by atoms with van der Waals surface area (Å²) in [5.41, 5.74) is 1.93. The fourth-order valence-electron chi connectivity index (χ4n) is 3.89. The fourth-order valence-corrected chi connectivity index (χ4v) is 3.89. The van der Waals surface area contributed by atoms with Gasteiger partial charge in [0.05, 0.1) is 24.9 Å². The van der Waals surface area contributed by atoms with Crippen LogP contribution in [0.1, 0.15) is 17.5 Å². The van der Waals surface area contributed by atoms with E-state index in [2.05, 4.69) is 41.0 Å². The molecule has 2 heterocycles. The molecule has 1 saturated heterocycles. The topological polar surface area (TPSA) is 48.8 Å². The Morgan fingerprint density at radius 3 is 2.68 bits per heavy atom. The van der Waals surface area contributed by atoms with Crippen molar-refractivity contribution in [3.05, 3.63) is 59.9 Å². The molecule has 1 fully saturated rings. The number of hydrogen-bond donors (Lipinski definition) is 1. The van der Waals surface area contributed by atoms with Crippen LogP contribution in [0.25, 0.3) is 0 Å². The molecule has 1 aliphatic heterocycles. The summed E-state index contributed by atoms with van der Waals surface area (Å²) in [5, 5.41) is 11.1. The van der Waals surface area contributed by atoms with E-state index in [1.54, 1.807) is 13.3 Å². The number of methoxy groups -OCH3 is 1. The monoisotopic (exact) mass is 341 g/mol. The maximum atomic E-state index is 11.1. The van der Waals surface area contributed by atoms with Gasteiger partial charge in [-0.15, -0.1) is 0 Å². The van der Waals surface area contributed by atoms with Gasteiger partial charge in [0, 0.05) is 25.8 Å². The summed E-state index contributed by atoms with van der Waals surface area (Å²) < 4.78 is 5.25. The standard InChI is InChI=1S/C20H27N3O2/c1-22(2)20(17-7-5-4-6-8-17)9-10-23(15-19(20)24)14-16-11-18(25-3)13-21-12-16/h4-8,11-13,19,24H,9-10,14-15H2,1-3H3/t19-,20+/m1/s1. The largest absolute Gasteiger partial charge is 0.495 e. The molecule has 5 nitrogen and oxygen atoms in total. The number of β-amino-alcohol motifs (C(OH)–C–C–N with tert-alkyl or cyclic N) is 1. The smallest absolute Gasteiger partial charge is 0.137 e. The molecular formula is C20H27N3O2. The highest BCUT2D eigenvalue weighted by molar-refractivity contribution is 5.28. The second-order valence-electron chi connectivity index (χ2n) is 6.92. The van der Waals surface area contributed by atoms with Crippen molar-refractivity contribution in [2.45, 2.75) is 24.6 Å². The number of pyridine rings is 1. The summed E-state index contributed by atoms with van der Waals surface area (Å²) in [4.78, 5) is 8.67. The van der Waals surface area contributed by atoms with Crippen LogP contribution in [0, 0.1) is 0 Å². The number of likely N-dealkylation sites (tertiary alicyclic amines) is 1. The minimum atomic E-state index is -0.461. The van der Waals surface area contributed by atoms with Gasteiger partial charge in [0.2, 0.25) is 0 Å². The number of nitrogens with zero attached hydrogens (tertiary/aromatic N) is 3. The van der Waals surface area contributed by atoms with Crippen LogP contribution in [-0.4, -0.2) is 60.3 Å². The van der Waals surface area contributed by atoms with Gasteiger partial charge in [0.25, 0.3) is 0 Å². The van der Waals surface area contributed by atoms with Gasteiger partial charge >= 0.3 is 0 Å². The zero-order valence-corrected chi connectivity index (χ0v) is 15.2. The lowest BCUT2D eigenvalue weighted by atomic mass is 9.77. The van der Waals surface area contributed by atoms with Crippen molar-refractivity contribution >= 4 is 0 Å². The average Bonchev–Trinajstić information content (AvgIpc) is 2.63. The molecule has 25 heavy (non-hydrogen) atoms. The number of aliphatic hydroxyl groups excluding tert-OH is 1. The number of piperidine rings is 1. The first kappa shape index (κ1) is 17.9. The predicted octanol–water partition coefficient (Wildman–Crippen LogP) is 2.11. The van der Waals surface area contributed by atoms with E-state index in [1.165, 1.54) is 5.56 Å². The van der Waals surface area contributed by atoms with Crippen molar-refractivity contribution in [2.24, 2.45) is 0 Å². The highest BCUT2D eigenvalue weighted by Gasteiger charge is 2.45. The highest BCUT2D eigenvalue weighted by atomic mass is 16.5. The number of benzene rings is 1. The lowest BCUT2D eigenvalue weighted by Gasteiger charge is -2.50. The zero-order chi connectivity index (χ0) is 17.9. The van der Waals surface area contributed by atoms with E-state index < -0.39 is 6.10 Å². The van der Waals surface area contributed by atoms with Gasteiger partial charge in [0.1, 0.15) is 5.75 Å². The van der Waals surface area contributed by atoms with E-state index in [-0.39, 0.29) is 5.54 Å². The summed E-state index contributed by atoms with van der Waals surface area (Å²) in [5.74, 6) is 0.766. The van der Waals surface area contributed by atoms with Crippen LogP contribution in [0.4, 0.5) is 0 Å². The fraction of sp³-hybridized carbons (Fsp3) is 0.450. The first-order valence-electron chi connectivity index (χ1n) is 8.67. The molecule has 0 amide bonds.